The van der Waals surface area contributed by atoms with E-state index in [0.717, 1.165) is 11.5 Å². The molecule has 0 spiro atoms. The van der Waals surface area contributed by atoms with Crippen molar-refractivity contribution in [1.82, 2.24) is 8.87 Å². The van der Waals surface area contributed by atoms with Gasteiger partial charge in [-0.05, 0) is 25.1 Å². The van der Waals surface area contributed by atoms with Crippen molar-refractivity contribution in [2.24, 2.45) is 12.8 Å². The fraction of sp³-hybridized carbons (Fsp3) is 0.385. The van der Waals surface area contributed by atoms with Crippen LogP contribution in [0.3, 0.4) is 0 Å². The third kappa shape index (κ3) is 2.79. The molecule has 0 aliphatic carbocycles. The first-order valence-corrected chi connectivity index (χ1v) is 7.65. The van der Waals surface area contributed by atoms with Crippen LogP contribution in [-0.2, 0) is 30.2 Å². The average molecular weight is 297 g/mol. The van der Waals surface area contributed by atoms with E-state index in [1.807, 2.05) is 13.0 Å². The molecule has 0 unspecified atom stereocenters. The highest BCUT2D eigenvalue weighted by molar-refractivity contribution is 7.89. The fourth-order valence-electron chi connectivity index (χ4n) is 1.98. The van der Waals surface area contributed by atoms with E-state index < -0.39 is 10.0 Å². The number of hydrogen-bond acceptors (Lipinski definition) is 4. The third-order valence-corrected chi connectivity index (χ3v) is 4.94. The Morgan fingerprint density at radius 3 is 2.60 bits per heavy atom. The van der Waals surface area contributed by atoms with Gasteiger partial charge in [0.25, 0.3) is 0 Å². The van der Waals surface area contributed by atoms with Crippen molar-refractivity contribution < 1.29 is 12.8 Å². The molecule has 0 aliphatic rings. The minimum absolute atomic E-state index is 0.197. The van der Waals surface area contributed by atoms with Gasteiger partial charge in [-0.1, -0.05) is 0 Å². The summed E-state index contributed by atoms with van der Waals surface area (Å²) in [6.45, 7) is 2.32. The van der Waals surface area contributed by atoms with Crippen molar-refractivity contribution in [2.75, 3.05) is 7.05 Å². The summed E-state index contributed by atoms with van der Waals surface area (Å²) in [4.78, 5) is 0.242. The zero-order chi connectivity index (χ0) is 14.9. The van der Waals surface area contributed by atoms with Crippen molar-refractivity contribution in [3.05, 3.63) is 41.6 Å². The average Bonchev–Trinajstić information content (AvgIpc) is 2.95. The van der Waals surface area contributed by atoms with Crippen LogP contribution in [0.4, 0.5) is 0 Å². The van der Waals surface area contributed by atoms with Crippen LogP contribution in [0.5, 0.6) is 0 Å². The molecule has 2 aromatic heterocycles. The summed E-state index contributed by atoms with van der Waals surface area (Å²) >= 11 is 0. The number of nitrogens with zero attached hydrogens (tertiary/aromatic N) is 2. The second-order valence-corrected chi connectivity index (χ2v) is 6.80. The molecule has 7 heteroatoms. The van der Waals surface area contributed by atoms with E-state index >= 15 is 0 Å². The van der Waals surface area contributed by atoms with Crippen LogP contribution in [0.1, 0.15) is 17.2 Å². The highest BCUT2D eigenvalue weighted by Gasteiger charge is 2.23. The summed E-state index contributed by atoms with van der Waals surface area (Å²) in [6.07, 6.45) is 1.57. The Hall–Kier alpha value is -1.57. The number of aromatic nitrogens is 1. The van der Waals surface area contributed by atoms with Crippen LogP contribution in [-0.4, -0.2) is 24.3 Å². The van der Waals surface area contributed by atoms with E-state index in [1.54, 1.807) is 29.9 Å². The van der Waals surface area contributed by atoms with Gasteiger partial charge in [-0.3, -0.25) is 0 Å². The Kier molecular flexibility index (Phi) is 4.03. The second kappa shape index (κ2) is 5.43. The van der Waals surface area contributed by atoms with Gasteiger partial charge in [0.05, 0.1) is 6.54 Å². The molecule has 6 nitrogen and oxygen atoms in total. The highest BCUT2D eigenvalue weighted by Crippen LogP contribution is 2.19. The molecule has 0 saturated heterocycles. The molecule has 0 atom stereocenters. The van der Waals surface area contributed by atoms with E-state index in [-0.39, 0.29) is 11.4 Å². The molecule has 2 heterocycles. The van der Waals surface area contributed by atoms with Crippen molar-refractivity contribution in [2.45, 2.75) is 24.9 Å². The molecular weight excluding hydrogens is 278 g/mol. The Bertz CT molecular complexity index is 700. The molecule has 2 rings (SSSR count). The number of aryl methyl sites for hydroxylation is 2. The lowest BCUT2D eigenvalue weighted by molar-refractivity contribution is 0.397. The quantitative estimate of drug-likeness (QED) is 0.899. The van der Waals surface area contributed by atoms with E-state index in [1.165, 1.54) is 11.4 Å². The summed E-state index contributed by atoms with van der Waals surface area (Å²) in [5, 5.41) is 0. The first-order valence-electron chi connectivity index (χ1n) is 6.21. The van der Waals surface area contributed by atoms with Gasteiger partial charge in [0, 0.05) is 32.5 Å². The third-order valence-electron chi connectivity index (χ3n) is 3.17. The van der Waals surface area contributed by atoms with Gasteiger partial charge >= 0.3 is 0 Å². The van der Waals surface area contributed by atoms with Gasteiger partial charge in [0.15, 0.2) is 0 Å². The van der Waals surface area contributed by atoms with E-state index in [9.17, 15) is 8.42 Å². The summed E-state index contributed by atoms with van der Waals surface area (Å²) < 4.78 is 33.3. The first kappa shape index (κ1) is 14.8. The van der Waals surface area contributed by atoms with Gasteiger partial charge in [-0.25, -0.2) is 8.42 Å². The molecule has 2 aromatic rings. The smallest absolute Gasteiger partial charge is 0.244 e. The maximum Gasteiger partial charge on any atom is 0.244 e. The van der Waals surface area contributed by atoms with Crippen molar-refractivity contribution >= 4 is 10.0 Å². The monoisotopic (exact) mass is 297 g/mol. The Balaban J connectivity index is 2.24. The lowest BCUT2D eigenvalue weighted by atomic mass is 10.4. The predicted octanol–water partition coefficient (Wildman–Crippen LogP) is 1.21. The Morgan fingerprint density at radius 1 is 1.40 bits per heavy atom. The molecule has 0 fully saturated rings. The fourth-order valence-corrected chi connectivity index (χ4v) is 3.21. The lowest BCUT2D eigenvalue weighted by Crippen LogP contribution is -2.26. The van der Waals surface area contributed by atoms with Crippen LogP contribution in [0.2, 0.25) is 0 Å². The summed E-state index contributed by atoms with van der Waals surface area (Å²) in [5.41, 5.74) is 6.33. The van der Waals surface area contributed by atoms with Crippen LogP contribution in [0.25, 0.3) is 0 Å². The predicted molar refractivity (Wildman–Crippen MR) is 75.4 cm³/mol. The summed E-state index contributed by atoms with van der Waals surface area (Å²) in [7, 11) is -0.238. The first-order chi connectivity index (χ1) is 9.34. The van der Waals surface area contributed by atoms with E-state index in [4.69, 9.17) is 10.2 Å². The number of rotatable bonds is 5. The largest absolute Gasteiger partial charge is 0.465 e. The number of furan rings is 1. The summed E-state index contributed by atoms with van der Waals surface area (Å²) in [5.74, 6) is 1.37. The number of sulfonamides is 1. The molecule has 0 bridgehead atoms. The molecule has 0 saturated carbocycles. The Labute approximate surface area is 118 Å². The van der Waals surface area contributed by atoms with Crippen molar-refractivity contribution in [1.29, 1.82) is 0 Å². The van der Waals surface area contributed by atoms with E-state index in [2.05, 4.69) is 0 Å². The summed E-state index contributed by atoms with van der Waals surface area (Å²) in [6, 6.07) is 5.18. The molecule has 0 aliphatic heterocycles. The topological polar surface area (TPSA) is 81.5 Å². The highest BCUT2D eigenvalue weighted by atomic mass is 32.2. The number of hydrogen-bond donors (Lipinski definition) is 1. The molecular formula is C13H19N3O3S. The molecule has 2 N–H and O–H groups in total. The molecule has 0 radical (unpaired) electrons. The molecule has 20 heavy (non-hydrogen) atoms. The lowest BCUT2D eigenvalue weighted by Gasteiger charge is -2.14. The standard InChI is InChI=1S/C13H19N3O3S/c1-10-4-5-12(19-10)8-16(3)20(17,18)13-6-11(7-14)15(2)9-13/h4-6,9H,7-8,14H2,1-3H3. The van der Waals surface area contributed by atoms with E-state index in [0.29, 0.717) is 12.3 Å². The van der Waals surface area contributed by atoms with Gasteiger partial charge in [-0.2, -0.15) is 4.31 Å². The van der Waals surface area contributed by atoms with Gasteiger partial charge in [0.2, 0.25) is 10.0 Å². The Morgan fingerprint density at radius 2 is 2.10 bits per heavy atom. The van der Waals surface area contributed by atoms with Gasteiger partial charge in [0.1, 0.15) is 16.4 Å². The minimum Gasteiger partial charge on any atom is -0.465 e. The zero-order valence-corrected chi connectivity index (χ0v) is 12.6. The zero-order valence-electron chi connectivity index (χ0n) is 11.8. The molecule has 0 aromatic carbocycles. The second-order valence-electron chi connectivity index (χ2n) is 4.76. The van der Waals surface area contributed by atoms with Crippen molar-refractivity contribution in [3.63, 3.8) is 0 Å². The van der Waals surface area contributed by atoms with Crippen molar-refractivity contribution in [3.8, 4) is 0 Å². The SMILES string of the molecule is Cc1ccc(CN(C)S(=O)(=O)c2cc(CN)n(C)c2)o1. The van der Waals surface area contributed by atoms with Crippen LogP contribution in [0, 0.1) is 6.92 Å². The maximum atomic E-state index is 12.5. The number of nitrogens with two attached hydrogens (primary N) is 1. The van der Waals surface area contributed by atoms with Crippen LogP contribution >= 0.6 is 0 Å². The molecule has 0 amide bonds. The maximum absolute atomic E-state index is 12.5. The normalized spacial score (nSPS) is 12.2. The van der Waals surface area contributed by atoms with Gasteiger partial charge in [-0.15, -0.1) is 0 Å². The minimum atomic E-state index is -3.54. The van der Waals surface area contributed by atoms with Crippen LogP contribution < -0.4 is 5.73 Å². The van der Waals surface area contributed by atoms with Gasteiger partial charge < -0.3 is 14.7 Å². The molecule has 110 valence electrons. The van der Waals surface area contributed by atoms with Crippen LogP contribution in [0.15, 0.2) is 33.7 Å².